The zero-order valence-corrected chi connectivity index (χ0v) is 10.7. The first-order chi connectivity index (χ1) is 7.59. The van der Waals surface area contributed by atoms with E-state index in [0.29, 0.717) is 6.04 Å². The lowest BCUT2D eigenvalue weighted by molar-refractivity contribution is 0.572. The first-order valence-electron chi connectivity index (χ1n) is 5.56. The summed E-state index contributed by atoms with van der Waals surface area (Å²) in [6.45, 7) is 5.17. The summed E-state index contributed by atoms with van der Waals surface area (Å²) in [5, 5.41) is 5.37. The van der Waals surface area contributed by atoms with Crippen molar-refractivity contribution < 1.29 is 0 Å². The molecule has 0 aliphatic rings. The summed E-state index contributed by atoms with van der Waals surface area (Å²) in [6, 6.07) is 8.68. The van der Waals surface area contributed by atoms with Gasteiger partial charge in [0.05, 0.1) is 0 Å². The molecule has 0 radical (unpaired) electrons. The Morgan fingerprint density at radius 3 is 2.75 bits per heavy atom. The molecule has 0 atom stereocenters. The van der Waals surface area contributed by atoms with E-state index in [0.717, 1.165) is 17.0 Å². The van der Waals surface area contributed by atoms with Gasteiger partial charge in [-0.1, -0.05) is 31.5 Å². The molecule has 2 rings (SSSR count). The van der Waals surface area contributed by atoms with Gasteiger partial charge in [0.2, 0.25) is 0 Å². The number of nitrogens with one attached hydrogen (secondary N) is 1. The maximum Gasteiger partial charge on any atom is 0.0499 e. The minimum Gasteiger partial charge on any atom is -0.346 e. The smallest absolute Gasteiger partial charge is 0.0499 e. The van der Waals surface area contributed by atoms with E-state index < -0.39 is 0 Å². The highest BCUT2D eigenvalue weighted by atomic mass is 35.5. The van der Waals surface area contributed by atoms with Gasteiger partial charge in [-0.25, -0.2) is 0 Å². The molecule has 16 heavy (non-hydrogen) atoms. The van der Waals surface area contributed by atoms with Crippen molar-refractivity contribution in [2.45, 2.75) is 26.4 Å². The Bertz CT molecular complexity index is 500. The normalized spacial score (nSPS) is 11.6. The van der Waals surface area contributed by atoms with Crippen molar-refractivity contribution in [1.82, 2.24) is 9.88 Å². The largest absolute Gasteiger partial charge is 0.346 e. The third-order valence-corrected chi connectivity index (χ3v) is 3.15. The molecule has 1 N–H and O–H groups in total. The first-order valence-corrected chi connectivity index (χ1v) is 5.93. The second-order valence-electron chi connectivity index (χ2n) is 4.40. The van der Waals surface area contributed by atoms with Crippen molar-refractivity contribution >= 4 is 22.5 Å². The fourth-order valence-electron chi connectivity index (χ4n) is 1.86. The molecule has 0 fully saturated rings. The topological polar surface area (TPSA) is 17.0 Å². The van der Waals surface area contributed by atoms with E-state index >= 15 is 0 Å². The van der Waals surface area contributed by atoms with Crippen LogP contribution in [-0.4, -0.2) is 10.6 Å². The molecule has 2 nitrogen and oxygen atoms in total. The summed E-state index contributed by atoms with van der Waals surface area (Å²) in [5.41, 5.74) is 2.45. The first kappa shape index (κ1) is 11.5. The molecule has 0 aliphatic carbocycles. The number of nitrogens with zero attached hydrogens (tertiary/aromatic N) is 1. The summed E-state index contributed by atoms with van der Waals surface area (Å²) in [7, 11) is 2.08. The number of fused-ring (bicyclic) bond motifs is 1. The van der Waals surface area contributed by atoms with Gasteiger partial charge in [0.15, 0.2) is 0 Å². The van der Waals surface area contributed by atoms with E-state index in [-0.39, 0.29) is 0 Å². The molecule has 1 aromatic carbocycles. The molecule has 0 amide bonds. The Balaban J connectivity index is 2.40. The Hall–Kier alpha value is -0.990. The third-order valence-electron chi connectivity index (χ3n) is 2.82. The van der Waals surface area contributed by atoms with E-state index in [9.17, 15) is 0 Å². The lowest BCUT2D eigenvalue weighted by Gasteiger charge is -2.08. The van der Waals surface area contributed by atoms with Gasteiger partial charge in [-0.05, 0) is 18.2 Å². The highest BCUT2D eigenvalue weighted by molar-refractivity contribution is 6.35. The van der Waals surface area contributed by atoms with Gasteiger partial charge in [-0.2, -0.15) is 0 Å². The second kappa shape index (κ2) is 4.48. The SMILES string of the molecule is CC(C)NCc1cc2c(Cl)cccc2n1C. The van der Waals surface area contributed by atoms with E-state index in [4.69, 9.17) is 11.6 Å². The molecule has 2 aromatic rings. The molecule has 0 saturated carbocycles. The molecular weight excluding hydrogens is 220 g/mol. The van der Waals surface area contributed by atoms with Crippen LogP contribution in [-0.2, 0) is 13.6 Å². The number of aryl methyl sites for hydroxylation is 1. The number of rotatable bonds is 3. The van der Waals surface area contributed by atoms with Crippen LogP contribution in [0.3, 0.4) is 0 Å². The van der Waals surface area contributed by atoms with Crippen molar-refractivity contribution in [1.29, 1.82) is 0 Å². The maximum atomic E-state index is 6.17. The van der Waals surface area contributed by atoms with Gasteiger partial charge >= 0.3 is 0 Å². The molecule has 1 aromatic heterocycles. The summed E-state index contributed by atoms with van der Waals surface area (Å²) in [6.07, 6.45) is 0. The van der Waals surface area contributed by atoms with E-state index in [1.807, 2.05) is 12.1 Å². The quantitative estimate of drug-likeness (QED) is 0.865. The Kier molecular flexibility index (Phi) is 3.22. The van der Waals surface area contributed by atoms with Gasteiger partial charge in [0.1, 0.15) is 0 Å². The molecule has 1 heterocycles. The maximum absolute atomic E-state index is 6.17. The van der Waals surface area contributed by atoms with Crippen molar-refractivity contribution in [2.24, 2.45) is 7.05 Å². The van der Waals surface area contributed by atoms with Crippen LogP contribution in [0.15, 0.2) is 24.3 Å². The summed E-state index contributed by atoms with van der Waals surface area (Å²) < 4.78 is 2.19. The van der Waals surface area contributed by atoms with Crippen molar-refractivity contribution in [3.05, 3.63) is 35.0 Å². The van der Waals surface area contributed by atoms with Crippen LogP contribution in [0.5, 0.6) is 0 Å². The van der Waals surface area contributed by atoms with Crippen LogP contribution in [0.1, 0.15) is 19.5 Å². The average Bonchev–Trinajstić information content (AvgIpc) is 2.55. The Morgan fingerprint density at radius 2 is 2.12 bits per heavy atom. The lowest BCUT2D eigenvalue weighted by atomic mass is 10.2. The average molecular weight is 237 g/mol. The van der Waals surface area contributed by atoms with Gasteiger partial charge < -0.3 is 9.88 Å². The highest BCUT2D eigenvalue weighted by Gasteiger charge is 2.07. The molecule has 0 saturated heterocycles. The van der Waals surface area contributed by atoms with Crippen molar-refractivity contribution in [2.75, 3.05) is 0 Å². The van der Waals surface area contributed by atoms with Crippen molar-refractivity contribution in [3.8, 4) is 0 Å². The lowest BCUT2D eigenvalue weighted by Crippen LogP contribution is -2.22. The standard InChI is InChI=1S/C13H17ClN2/c1-9(2)15-8-10-7-11-12(14)5-4-6-13(11)16(10)3/h4-7,9,15H,8H2,1-3H3. The van der Waals surface area contributed by atoms with Crippen LogP contribution in [0.4, 0.5) is 0 Å². The Labute approximate surface area is 101 Å². The second-order valence-corrected chi connectivity index (χ2v) is 4.81. The summed E-state index contributed by atoms with van der Waals surface area (Å²) in [4.78, 5) is 0. The van der Waals surface area contributed by atoms with Crippen molar-refractivity contribution in [3.63, 3.8) is 0 Å². The molecule has 0 spiro atoms. The zero-order valence-electron chi connectivity index (χ0n) is 9.92. The van der Waals surface area contributed by atoms with E-state index in [1.54, 1.807) is 0 Å². The molecule has 86 valence electrons. The minimum atomic E-state index is 0.494. The molecule has 0 bridgehead atoms. The molecule has 0 aliphatic heterocycles. The number of hydrogen-bond acceptors (Lipinski definition) is 1. The summed E-state index contributed by atoms with van der Waals surface area (Å²) >= 11 is 6.17. The van der Waals surface area contributed by atoms with Crippen LogP contribution in [0.25, 0.3) is 10.9 Å². The van der Waals surface area contributed by atoms with Crippen LogP contribution >= 0.6 is 11.6 Å². The zero-order chi connectivity index (χ0) is 11.7. The molecule has 0 unspecified atom stereocenters. The van der Waals surface area contributed by atoms with Gasteiger partial charge in [0, 0.05) is 41.3 Å². The van der Waals surface area contributed by atoms with E-state index in [2.05, 4.69) is 42.9 Å². The number of benzene rings is 1. The molecule has 3 heteroatoms. The monoisotopic (exact) mass is 236 g/mol. The predicted molar refractivity (Wildman–Crippen MR) is 69.9 cm³/mol. The minimum absolute atomic E-state index is 0.494. The Morgan fingerprint density at radius 1 is 1.38 bits per heavy atom. The number of aromatic nitrogens is 1. The fourth-order valence-corrected chi connectivity index (χ4v) is 2.08. The van der Waals surface area contributed by atoms with E-state index in [1.165, 1.54) is 11.2 Å². The predicted octanol–water partition coefficient (Wildman–Crippen LogP) is 3.33. The van der Waals surface area contributed by atoms with Gasteiger partial charge in [0.25, 0.3) is 0 Å². The van der Waals surface area contributed by atoms with Crippen LogP contribution < -0.4 is 5.32 Å². The highest BCUT2D eigenvalue weighted by Crippen LogP contribution is 2.26. The molecular formula is C13H17ClN2. The van der Waals surface area contributed by atoms with Crippen LogP contribution in [0, 0.1) is 0 Å². The van der Waals surface area contributed by atoms with Crippen LogP contribution in [0.2, 0.25) is 5.02 Å². The number of halogens is 1. The van der Waals surface area contributed by atoms with Gasteiger partial charge in [-0.3, -0.25) is 0 Å². The van der Waals surface area contributed by atoms with Gasteiger partial charge in [-0.15, -0.1) is 0 Å². The third kappa shape index (κ3) is 2.08. The summed E-state index contributed by atoms with van der Waals surface area (Å²) in [5.74, 6) is 0. The fraction of sp³-hybridized carbons (Fsp3) is 0.385. The number of hydrogen-bond donors (Lipinski definition) is 1.